The van der Waals surface area contributed by atoms with Crippen molar-refractivity contribution in [2.24, 2.45) is 0 Å². The molecule has 1 aromatic heterocycles. The van der Waals surface area contributed by atoms with Crippen molar-refractivity contribution >= 4 is 17.4 Å². The number of aromatic nitrogens is 1. The number of carbonyl (C=O) groups excluding carboxylic acids is 2. The number of amides is 1. The number of nitrogens with zero attached hydrogens (tertiary/aromatic N) is 2. The van der Waals surface area contributed by atoms with Crippen molar-refractivity contribution in [1.82, 2.24) is 9.88 Å². The molecule has 1 amide bonds. The summed E-state index contributed by atoms with van der Waals surface area (Å²) in [6.07, 6.45) is 4.74. The number of ketones is 1. The van der Waals surface area contributed by atoms with Gasteiger partial charge < -0.3 is 14.7 Å². The summed E-state index contributed by atoms with van der Waals surface area (Å²) in [4.78, 5) is 31.8. The Kier molecular flexibility index (Phi) is 7.55. The third-order valence-electron chi connectivity index (χ3n) is 5.93. The number of halogens is 1. The first-order chi connectivity index (χ1) is 17.0. The number of unbranched alkanes of at least 4 members (excludes halogenated alkanes) is 2. The number of rotatable bonds is 9. The van der Waals surface area contributed by atoms with Gasteiger partial charge in [0.1, 0.15) is 17.3 Å². The van der Waals surface area contributed by atoms with E-state index in [1.807, 2.05) is 0 Å². The van der Waals surface area contributed by atoms with Gasteiger partial charge in [0.05, 0.1) is 30.5 Å². The van der Waals surface area contributed by atoms with Crippen LogP contribution in [-0.4, -0.2) is 33.3 Å². The fraction of sp³-hybridized carbons (Fsp3) is 0.250. The molecule has 1 aliphatic rings. The van der Waals surface area contributed by atoms with Crippen molar-refractivity contribution in [1.29, 1.82) is 0 Å². The number of benzene rings is 2. The van der Waals surface area contributed by atoms with Crippen LogP contribution in [0, 0.1) is 5.82 Å². The van der Waals surface area contributed by atoms with Crippen LogP contribution >= 0.6 is 0 Å². The van der Waals surface area contributed by atoms with Crippen molar-refractivity contribution in [3.05, 3.63) is 101 Å². The summed E-state index contributed by atoms with van der Waals surface area (Å²) in [5.74, 6) is -1.62. The average Bonchev–Trinajstić information content (AvgIpc) is 3.12. The Labute approximate surface area is 203 Å². The molecule has 7 heteroatoms. The highest BCUT2D eigenvalue weighted by Crippen LogP contribution is 2.40. The second-order valence-electron chi connectivity index (χ2n) is 8.38. The molecule has 35 heavy (non-hydrogen) atoms. The number of aliphatic hydroxyl groups is 1. The molecule has 6 nitrogen and oxygen atoms in total. The lowest BCUT2D eigenvalue weighted by atomic mass is 9.95. The molecule has 1 aliphatic heterocycles. The van der Waals surface area contributed by atoms with Crippen LogP contribution in [0.25, 0.3) is 5.76 Å². The van der Waals surface area contributed by atoms with Crippen LogP contribution < -0.4 is 4.74 Å². The molecule has 2 aromatic carbocycles. The zero-order valence-electron chi connectivity index (χ0n) is 19.5. The summed E-state index contributed by atoms with van der Waals surface area (Å²) >= 11 is 0. The van der Waals surface area contributed by atoms with E-state index in [2.05, 4.69) is 11.9 Å². The number of pyridine rings is 1. The normalized spacial score (nSPS) is 17.1. The SMILES string of the molecule is CCCCCOc1ccc(/C(O)=C2\C(=O)C(=O)N(Cc3ccccn3)C2c2ccc(F)cc2)cc1. The van der Waals surface area contributed by atoms with E-state index >= 15 is 0 Å². The number of hydrogen-bond donors (Lipinski definition) is 1. The van der Waals surface area contributed by atoms with E-state index in [1.165, 1.54) is 29.2 Å². The van der Waals surface area contributed by atoms with E-state index in [9.17, 15) is 19.1 Å². The van der Waals surface area contributed by atoms with Crippen molar-refractivity contribution in [3.63, 3.8) is 0 Å². The van der Waals surface area contributed by atoms with Gasteiger partial charge in [0.15, 0.2) is 0 Å². The highest BCUT2D eigenvalue weighted by atomic mass is 19.1. The summed E-state index contributed by atoms with van der Waals surface area (Å²) in [6.45, 7) is 2.79. The highest BCUT2D eigenvalue weighted by molar-refractivity contribution is 6.46. The van der Waals surface area contributed by atoms with Gasteiger partial charge in [-0.05, 0) is 60.5 Å². The third-order valence-corrected chi connectivity index (χ3v) is 5.93. The second kappa shape index (κ2) is 11.0. The summed E-state index contributed by atoms with van der Waals surface area (Å²) in [6, 6.07) is 16.7. The predicted molar refractivity (Wildman–Crippen MR) is 130 cm³/mol. The zero-order chi connectivity index (χ0) is 24.8. The molecule has 1 saturated heterocycles. The summed E-state index contributed by atoms with van der Waals surface area (Å²) in [5, 5.41) is 11.2. The minimum Gasteiger partial charge on any atom is -0.507 e. The second-order valence-corrected chi connectivity index (χ2v) is 8.38. The lowest BCUT2D eigenvalue weighted by Crippen LogP contribution is -2.29. The van der Waals surface area contributed by atoms with Gasteiger partial charge in [-0.3, -0.25) is 14.6 Å². The molecule has 0 spiro atoms. The molecule has 0 bridgehead atoms. The summed E-state index contributed by atoms with van der Waals surface area (Å²) in [7, 11) is 0. The van der Waals surface area contributed by atoms with Crippen LogP contribution in [0.3, 0.4) is 0 Å². The minimum absolute atomic E-state index is 0.0471. The number of carbonyl (C=O) groups is 2. The van der Waals surface area contributed by atoms with E-state index in [4.69, 9.17) is 4.74 Å². The van der Waals surface area contributed by atoms with E-state index in [1.54, 1.807) is 48.7 Å². The fourth-order valence-corrected chi connectivity index (χ4v) is 4.11. The topological polar surface area (TPSA) is 79.7 Å². The maximum atomic E-state index is 13.6. The standard InChI is InChI=1S/C28H27FN2O4/c1-2-3-6-17-35-23-14-10-20(11-15-23)26(32)24-25(19-8-12-21(29)13-9-19)31(28(34)27(24)33)18-22-7-4-5-16-30-22/h4-5,7-16,25,32H,2-3,6,17-18H2,1H3/b26-24+. The van der Waals surface area contributed by atoms with Gasteiger partial charge in [-0.15, -0.1) is 0 Å². The summed E-state index contributed by atoms with van der Waals surface area (Å²) < 4.78 is 19.4. The third kappa shape index (κ3) is 5.40. The number of likely N-dealkylation sites (tertiary alicyclic amines) is 1. The lowest BCUT2D eigenvalue weighted by molar-refractivity contribution is -0.140. The largest absolute Gasteiger partial charge is 0.507 e. The Morgan fingerprint density at radius 2 is 1.77 bits per heavy atom. The molecule has 2 heterocycles. The maximum absolute atomic E-state index is 13.6. The smallest absolute Gasteiger partial charge is 0.296 e. The zero-order valence-corrected chi connectivity index (χ0v) is 19.5. The quantitative estimate of drug-likeness (QED) is 0.194. The van der Waals surface area contributed by atoms with E-state index in [-0.39, 0.29) is 17.9 Å². The number of ether oxygens (including phenoxy) is 1. The van der Waals surface area contributed by atoms with Crippen LogP contribution in [0.4, 0.5) is 4.39 Å². The molecule has 3 aromatic rings. The molecular weight excluding hydrogens is 447 g/mol. The molecular formula is C28H27FN2O4. The number of hydrogen-bond acceptors (Lipinski definition) is 5. The van der Waals surface area contributed by atoms with Gasteiger partial charge in [-0.25, -0.2) is 4.39 Å². The van der Waals surface area contributed by atoms with Gasteiger partial charge in [-0.2, -0.15) is 0 Å². The van der Waals surface area contributed by atoms with Gasteiger partial charge >= 0.3 is 0 Å². The predicted octanol–water partition coefficient (Wildman–Crippen LogP) is 5.41. The summed E-state index contributed by atoms with van der Waals surface area (Å²) in [5.41, 5.74) is 1.44. The first-order valence-corrected chi connectivity index (χ1v) is 11.7. The Morgan fingerprint density at radius 3 is 2.43 bits per heavy atom. The van der Waals surface area contributed by atoms with E-state index in [0.29, 0.717) is 29.2 Å². The van der Waals surface area contributed by atoms with Crippen molar-refractivity contribution in [2.45, 2.75) is 38.8 Å². The molecule has 0 radical (unpaired) electrons. The number of aliphatic hydroxyl groups excluding tert-OH is 1. The van der Waals surface area contributed by atoms with Gasteiger partial charge in [0, 0.05) is 11.8 Å². The Morgan fingerprint density at radius 1 is 1.03 bits per heavy atom. The minimum atomic E-state index is -0.887. The van der Waals surface area contributed by atoms with Gasteiger partial charge in [0.2, 0.25) is 0 Å². The molecule has 1 fully saturated rings. The van der Waals surface area contributed by atoms with Crippen LogP contribution in [0.15, 0.2) is 78.5 Å². The van der Waals surface area contributed by atoms with Crippen molar-refractivity contribution in [3.8, 4) is 5.75 Å². The van der Waals surface area contributed by atoms with Crippen LogP contribution in [0.5, 0.6) is 5.75 Å². The molecule has 1 unspecified atom stereocenters. The Bertz CT molecular complexity index is 1210. The molecule has 0 aliphatic carbocycles. The lowest BCUT2D eigenvalue weighted by Gasteiger charge is -2.25. The van der Waals surface area contributed by atoms with Crippen molar-refractivity contribution < 1.29 is 23.8 Å². The van der Waals surface area contributed by atoms with Crippen molar-refractivity contribution in [2.75, 3.05) is 6.61 Å². The average molecular weight is 475 g/mol. The van der Waals surface area contributed by atoms with E-state index < -0.39 is 23.5 Å². The van der Waals surface area contributed by atoms with Crippen LogP contribution in [0.1, 0.15) is 49.0 Å². The van der Waals surface area contributed by atoms with Crippen LogP contribution in [-0.2, 0) is 16.1 Å². The fourth-order valence-electron chi connectivity index (χ4n) is 4.11. The first kappa shape index (κ1) is 24.1. The molecule has 4 rings (SSSR count). The van der Waals surface area contributed by atoms with E-state index in [0.717, 1.165) is 19.3 Å². The highest BCUT2D eigenvalue weighted by Gasteiger charge is 2.46. The molecule has 0 saturated carbocycles. The Balaban J connectivity index is 1.69. The monoisotopic (exact) mass is 474 g/mol. The molecule has 180 valence electrons. The molecule has 1 atom stereocenters. The number of Topliss-reactive ketones (excluding diaryl/α,β-unsaturated/α-hetero) is 1. The molecule has 1 N–H and O–H groups in total. The van der Waals surface area contributed by atoms with Gasteiger partial charge in [-0.1, -0.05) is 38.0 Å². The Hall–Kier alpha value is -4.00. The van der Waals surface area contributed by atoms with Gasteiger partial charge in [0.25, 0.3) is 11.7 Å². The first-order valence-electron chi connectivity index (χ1n) is 11.7. The van der Waals surface area contributed by atoms with Crippen LogP contribution in [0.2, 0.25) is 0 Å². The maximum Gasteiger partial charge on any atom is 0.296 e.